The van der Waals surface area contributed by atoms with Crippen LogP contribution in [-0.4, -0.2) is 18.4 Å². The van der Waals surface area contributed by atoms with Gasteiger partial charge >= 0.3 is 0 Å². The number of hydrogen-bond acceptors (Lipinski definition) is 2. The highest BCUT2D eigenvalue weighted by atomic mass is 16.2. The molecule has 1 aliphatic rings. The van der Waals surface area contributed by atoms with Crippen LogP contribution in [-0.2, 0) is 4.79 Å². The lowest BCUT2D eigenvalue weighted by Gasteiger charge is -2.21. The summed E-state index contributed by atoms with van der Waals surface area (Å²) >= 11 is 0. The van der Waals surface area contributed by atoms with Gasteiger partial charge in [0.1, 0.15) is 0 Å². The number of aryl methyl sites for hydroxylation is 1. The predicted octanol–water partition coefficient (Wildman–Crippen LogP) is 4.64. The Labute approximate surface area is 171 Å². The number of carbonyl (C=O) groups is 2. The minimum atomic E-state index is -0.249. The summed E-state index contributed by atoms with van der Waals surface area (Å²) < 4.78 is 0. The fourth-order valence-electron chi connectivity index (χ4n) is 3.80. The second kappa shape index (κ2) is 8.31. The van der Waals surface area contributed by atoms with Gasteiger partial charge in [-0.2, -0.15) is 0 Å². The summed E-state index contributed by atoms with van der Waals surface area (Å²) in [6.07, 6.45) is 1.43. The first-order chi connectivity index (χ1) is 14.1. The van der Waals surface area contributed by atoms with Crippen molar-refractivity contribution in [3.05, 3.63) is 101 Å². The zero-order valence-electron chi connectivity index (χ0n) is 16.5. The van der Waals surface area contributed by atoms with E-state index >= 15 is 0 Å². The van der Waals surface area contributed by atoms with Crippen LogP contribution in [0.25, 0.3) is 0 Å². The smallest absolute Gasteiger partial charge is 0.252 e. The van der Waals surface area contributed by atoms with Gasteiger partial charge in [-0.3, -0.25) is 9.59 Å². The lowest BCUT2D eigenvalue weighted by molar-refractivity contribution is -0.117. The largest absolute Gasteiger partial charge is 0.341 e. The summed E-state index contributed by atoms with van der Waals surface area (Å²) in [5, 5.41) is 3.18. The van der Waals surface area contributed by atoms with Crippen molar-refractivity contribution in [1.82, 2.24) is 5.32 Å². The van der Waals surface area contributed by atoms with Crippen LogP contribution in [0.15, 0.2) is 78.9 Å². The van der Waals surface area contributed by atoms with Crippen LogP contribution in [0.2, 0.25) is 0 Å². The Kier molecular flexibility index (Phi) is 5.43. The van der Waals surface area contributed by atoms with E-state index < -0.39 is 0 Å². The SMILES string of the molecule is Cc1cccc([C@@H](NC(=O)c2cccc(N3CCCC3=O)c2)c2ccccc2)c1. The van der Waals surface area contributed by atoms with E-state index in [1.165, 1.54) is 0 Å². The fraction of sp³-hybridized carbons (Fsp3) is 0.200. The van der Waals surface area contributed by atoms with Crippen molar-refractivity contribution in [2.24, 2.45) is 0 Å². The third-order valence-corrected chi connectivity index (χ3v) is 5.28. The van der Waals surface area contributed by atoms with Gasteiger partial charge in [0.25, 0.3) is 5.91 Å². The molecule has 1 saturated heterocycles. The Morgan fingerprint density at radius 2 is 1.69 bits per heavy atom. The molecule has 29 heavy (non-hydrogen) atoms. The van der Waals surface area contributed by atoms with Crippen molar-refractivity contribution in [3.63, 3.8) is 0 Å². The first-order valence-electron chi connectivity index (χ1n) is 9.94. The number of hydrogen-bond donors (Lipinski definition) is 1. The molecule has 4 nitrogen and oxygen atoms in total. The molecule has 1 fully saturated rings. The number of nitrogens with zero attached hydrogens (tertiary/aromatic N) is 1. The molecule has 0 unspecified atom stereocenters. The molecule has 1 atom stereocenters. The van der Waals surface area contributed by atoms with Crippen molar-refractivity contribution in [2.45, 2.75) is 25.8 Å². The maximum atomic E-state index is 13.1. The lowest BCUT2D eigenvalue weighted by atomic mass is 9.97. The van der Waals surface area contributed by atoms with Gasteiger partial charge in [0.2, 0.25) is 5.91 Å². The predicted molar refractivity (Wildman–Crippen MR) is 115 cm³/mol. The minimum absolute atomic E-state index is 0.115. The molecule has 146 valence electrons. The minimum Gasteiger partial charge on any atom is -0.341 e. The molecule has 1 heterocycles. The molecule has 3 aromatic rings. The Hall–Kier alpha value is -3.40. The van der Waals surface area contributed by atoms with Gasteiger partial charge in [0, 0.05) is 24.2 Å². The fourth-order valence-corrected chi connectivity index (χ4v) is 3.80. The van der Waals surface area contributed by atoms with Crippen LogP contribution in [0.5, 0.6) is 0 Å². The zero-order chi connectivity index (χ0) is 20.2. The number of carbonyl (C=O) groups excluding carboxylic acids is 2. The summed E-state index contributed by atoms with van der Waals surface area (Å²) in [5.41, 5.74) is 4.54. The molecule has 0 radical (unpaired) electrons. The number of benzene rings is 3. The monoisotopic (exact) mass is 384 g/mol. The van der Waals surface area contributed by atoms with E-state index in [4.69, 9.17) is 0 Å². The van der Waals surface area contributed by atoms with Gasteiger partial charge in [-0.1, -0.05) is 66.2 Å². The molecule has 2 amide bonds. The summed E-state index contributed by atoms with van der Waals surface area (Å²) in [6, 6.07) is 25.2. The molecule has 0 spiro atoms. The highest BCUT2D eigenvalue weighted by Crippen LogP contribution is 2.25. The second-order valence-corrected chi connectivity index (χ2v) is 7.43. The van der Waals surface area contributed by atoms with Crippen LogP contribution >= 0.6 is 0 Å². The molecule has 3 aromatic carbocycles. The van der Waals surface area contributed by atoms with E-state index in [-0.39, 0.29) is 17.9 Å². The quantitative estimate of drug-likeness (QED) is 0.697. The van der Waals surface area contributed by atoms with Gasteiger partial charge in [0.15, 0.2) is 0 Å². The summed E-state index contributed by atoms with van der Waals surface area (Å²) in [5.74, 6) is -0.0432. The van der Waals surface area contributed by atoms with E-state index in [1.807, 2.05) is 67.6 Å². The van der Waals surface area contributed by atoms with Crippen LogP contribution in [0.3, 0.4) is 0 Å². The lowest BCUT2D eigenvalue weighted by Crippen LogP contribution is -2.30. The van der Waals surface area contributed by atoms with E-state index in [1.54, 1.807) is 17.0 Å². The summed E-state index contributed by atoms with van der Waals surface area (Å²) in [6.45, 7) is 2.75. The zero-order valence-corrected chi connectivity index (χ0v) is 16.5. The molecule has 1 N–H and O–H groups in total. The Morgan fingerprint density at radius 1 is 0.931 bits per heavy atom. The standard InChI is InChI=1S/C25H24N2O2/c1-18-8-5-11-20(16-18)24(19-9-3-2-4-10-19)26-25(29)21-12-6-13-22(17-21)27-15-7-14-23(27)28/h2-6,8-13,16-17,24H,7,14-15H2,1H3,(H,26,29)/t24-/m0/s1. The maximum Gasteiger partial charge on any atom is 0.252 e. The molecule has 1 aliphatic heterocycles. The van der Waals surface area contributed by atoms with Gasteiger partial charge < -0.3 is 10.2 Å². The molecule has 0 bridgehead atoms. The molecular weight excluding hydrogens is 360 g/mol. The van der Waals surface area contributed by atoms with Crippen molar-refractivity contribution in [1.29, 1.82) is 0 Å². The number of anilines is 1. The van der Waals surface area contributed by atoms with E-state index in [0.717, 1.165) is 28.8 Å². The second-order valence-electron chi connectivity index (χ2n) is 7.43. The number of nitrogens with one attached hydrogen (secondary N) is 1. The number of amides is 2. The summed E-state index contributed by atoms with van der Waals surface area (Å²) in [4.78, 5) is 26.9. The van der Waals surface area contributed by atoms with E-state index in [2.05, 4.69) is 11.4 Å². The highest BCUT2D eigenvalue weighted by molar-refractivity contribution is 5.99. The van der Waals surface area contributed by atoms with Crippen molar-refractivity contribution in [3.8, 4) is 0 Å². The Balaban J connectivity index is 1.63. The Morgan fingerprint density at radius 3 is 2.41 bits per heavy atom. The third kappa shape index (κ3) is 4.21. The van der Waals surface area contributed by atoms with Gasteiger partial charge in [-0.15, -0.1) is 0 Å². The molecular formula is C25H24N2O2. The first-order valence-corrected chi connectivity index (χ1v) is 9.94. The van der Waals surface area contributed by atoms with Gasteiger partial charge in [0.05, 0.1) is 6.04 Å². The Bertz CT molecular complexity index is 1030. The van der Waals surface area contributed by atoms with Crippen LogP contribution in [0.4, 0.5) is 5.69 Å². The van der Waals surface area contributed by atoms with Crippen molar-refractivity contribution >= 4 is 17.5 Å². The van der Waals surface area contributed by atoms with E-state index in [9.17, 15) is 9.59 Å². The van der Waals surface area contributed by atoms with Crippen LogP contribution < -0.4 is 10.2 Å². The normalized spacial score (nSPS) is 14.7. The average molecular weight is 384 g/mol. The van der Waals surface area contributed by atoms with Crippen molar-refractivity contribution < 1.29 is 9.59 Å². The van der Waals surface area contributed by atoms with Crippen molar-refractivity contribution in [2.75, 3.05) is 11.4 Å². The number of rotatable bonds is 5. The van der Waals surface area contributed by atoms with Crippen LogP contribution in [0, 0.1) is 6.92 Å². The summed E-state index contributed by atoms with van der Waals surface area (Å²) in [7, 11) is 0. The third-order valence-electron chi connectivity index (χ3n) is 5.28. The van der Waals surface area contributed by atoms with Gasteiger partial charge in [-0.05, 0) is 42.7 Å². The molecule has 0 aromatic heterocycles. The molecule has 0 aliphatic carbocycles. The maximum absolute atomic E-state index is 13.1. The van der Waals surface area contributed by atoms with Gasteiger partial charge in [-0.25, -0.2) is 0 Å². The average Bonchev–Trinajstić information content (AvgIpc) is 3.18. The van der Waals surface area contributed by atoms with E-state index in [0.29, 0.717) is 18.5 Å². The highest BCUT2D eigenvalue weighted by Gasteiger charge is 2.23. The molecule has 4 rings (SSSR count). The molecule has 0 saturated carbocycles. The van der Waals surface area contributed by atoms with Crippen LogP contribution in [0.1, 0.15) is 45.9 Å². The molecule has 4 heteroatoms. The first kappa shape index (κ1) is 18.9. The topological polar surface area (TPSA) is 49.4 Å².